The third kappa shape index (κ3) is 6.71. The van der Waals surface area contributed by atoms with Gasteiger partial charge in [0.15, 0.2) is 0 Å². The maximum Gasteiger partial charge on any atom is 0.244 e. The molecule has 1 saturated heterocycles. The van der Waals surface area contributed by atoms with E-state index in [1.807, 2.05) is 53.4 Å². The summed E-state index contributed by atoms with van der Waals surface area (Å²) in [4.78, 5) is 20.5. The average molecular weight is 472 g/mol. The Balaban J connectivity index is 1.40. The first-order valence-electron chi connectivity index (χ1n) is 12.7. The first kappa shape index (κ1) is 25.0. The minimum absolute atomic E-state index is 0.186. The fourth-order valence-corrected chi connectivity index (χ4v) is 4.67. The molecule has 0 radical (unpaired) electrons. The highest BCUT2D eigenvalue weighted by atomic mass is 16.5. The summed E-state index contributed by atoms with van der Waals surface area (Å²) in [5.74, 6) is 1.03. The van der Waals surface area contributed by atoms with E-state index in [-0.39, 0.29) is 11.9 Å². The molecule has 0 N–H and O–H groups in total. The average Bonchev–Trinajstić information content (AvgIpc) is 2.91. The van der Waals surface area contributed by atoms with E-state index in [0.717, 1.165) is 61.7 Å². The Hall–Kier alpha value is -3.15. The van der Waals surface area contributed by atoms with Crippen LogP contribution in [0.15, 0.2) is 84.9 Å². The molecule has 1 heterocycles. The van der Waals surface area contributed by atoms with Crippen molar-refractivity contribution in [2.75, 3.05) is 39.3 Å². The van der Waals surface area contributed by atoms with Crippen LogP contribution in [0.2, 0.25) is 0 Å². The van der Waals surface area contributed by atoms with Gasteiger partial charge in [0.25, 0.3) is 0 Å². The zero-order valence-corrected chi connectivity index (χ0v) is 21.0. The molecule has 4 rings (SSSR count). The predicted octanol–water partition coefficient (Wildman–Crippen LogP) is 4.99. The van der Waals surface area contributed by atoms with Gasteiger partial charge in [0.1, 0.15) is 18.4 Å². The third-order valence-electron chi connectivity index (χ3n) is 6.83. The number of nitrogens with zero attached hydrogens (tertiary/aromatic N) is 3. The molecule has 5 nitrogen and oxygen atoms in total. The Kier molecular flexibility index (Phi) is 8.93. The smallest absolute Gasteiger partial charge is 0.244 e. The van der Waals surface area contributed by atoms with Crippen LogP contribution in [-0.4, -0.2) is 59.9 Å². The molecule has 1 atom stereocenters. The van der Waals surface area contributed by atoms with E-state index in [1.54, 1.807) is 0 Å². The van der Waals surface area contributed by atoms with E-state index in [1.165, 1.54) is 0 Å². The van der Waals surface area contributed by atoms with Gasteiger partial charge in [0.2, 0.25) is 5.91 Å². The van der Waals surface area contributed by atoms with Crippen LogP contribution in [0.1, 0.15) is 36.6 Å². The number of ether oxygens (including phenoxy) is 1. The molecule has 1 aliphatic rings. The molecule has 1 fully saturated rings. The van der Waals surface area contributed by atoms with Gasteiger partial charge in [0.05, 0.1) is 0 Å². The van der Waals surface area contributed by atoms with Crippen LogP contribution >= 0.6 is 0 Å². The highest BCUT2D eigenvalue weighted by molar-refractivity contribution is 5.84. The van der Waals surface area contributed by atoms with Crippen LogP contribution in [0.4, 0.5) is 0 Å². The van der Waals surface area contributed by atoms with Crippen molar-refractivity contribution in [2.45, 2.75) is 33.0 Å². The van der Waals surface area contributed by atoms with Gasteiger partial charge in [-0.2, -0.15) is 0 Å². The molecular formula is C30H37N3O2. The second kappa shape index (κ2) is 12.5. The van der Waals surface area contributed by atoms with Gasteiger partial charge in [-0.05, 0) is 41.9 Å². The molecule has 3 aromatic rings. The highest BCUT2D eigenvalue weighted by Crippen LogP contribution is 2.28. The van der Waals surface area contributed by atoms with Gasteiger partial charge in [0, 0.05) is 32.7 Å². The number of piperazine rings is 1. The lowest BCUT2D eigenvalue weighted by Gasteiger charge is -2.41. The van der Waals surface area contributed by atoms with Crippen LogP contribution in [0.25, 0.3) is 0 Å². The molecule has 0 bridgehead atoms. The Labute approximate surface area is 209 Å². The lowest BCUT2D eigenvalue weighted by Crippen LogP contribution is -2.53. The van der Waals surface area contributed by atoms with Crippen molar-refractivity contribution in [3.05, 3.63) is 102 Å². The molecule has 184 valence electrons. The van der Waals surface area contributed by atoms with E-state index >= 15 is 0 Å². The maximum absolute atomic E-state index is 13.7. The van der Waals surface area contributed by atoms with Gasteiger partial charge in [-0.25, -0.2) is 0 Å². The summed E-state index contributed by atoms with van der Waals surface area (Å²) in [5, 5.41) is 0. The predicted molar refractivity (Wildman–Crippen MR) is 141 cm³/mol. The standard InChI is InChI=1S/C30H37N3O2/c1-3-31(4-2)19-20-32-21-22-33(30(34)29(32)27-13-9-6-10-14-27)23-25-15-17-28(18-16-25)35-24-26-11-7-5-8-12-26/h5-18,29H,3-4,19-24H2,1-2H3. The van der Waals surface area contributed by atoms with Crippen LogP contribution in [0.5, 0.6) is 5.75 Å². The van der Waals surface area contributed by atoms with Crippen molar-refractivity contribution in [3.8, 4) is 5.75 Å². The summed E-state index contributed by atoms with van der Waals surface area (Å²) in [5.41, 5.74) is 3.34. The first-order valence-corrected chi connectivity index (χ1v) is 12.7. The summed E-state index contributed by atoms with van der Waals surface area (Å²) in [6.45, 7) is 11.1. The monoisotopic (exact) mass is 471 g/mol. The van der Waals surface area contributed by atoms with E-state index in [0.29, 0.717) is 13.2 Å². The quantitative estimate of drug-likeness (QED) is 0.395. The fraction of sp³-hybridized carbons (Fsp3) is 0.367. The lowest BCUT2D eigenvalue weighted by atomic mass is 10.0. The Morgan fingerprint density at radius 1 is 0.829 bits per heavy atom. The lowest BCUT2D eigenvalue weighted by molar-refractivity contribution is -0.143. The first-order chi connectivity index (χ1) is 17.2. The van der Waals surface area contributed by atoms with Crippen molar-refractivity contribution in [3.63, 3.8) is 0 Å². The summed E-state index contributed by atoms with van der Waals surface area (Å²) in [6.07, 6.45) is 0. The largest absolute Gasteiger partial charge is 0.489 e. The van der Waals surface area contributed by atoms with Crippen LogP contribution in [-0.2, 0) is 17.9 Å². The normalized spacial score (nSPS) is 16.6. The molecule has 0 aromatic heterocycles. The number of carbonyl (C=O) groups excluding carboxylic acids is 1. The van der Waals surface area contributed by atoms with E-state index in [9.17, 15) is 4.79 Å². The SMILES string of the molecule is CCN(CC)CCN1CCN(Cc2ccc(OCc3ccccc3)cc2)C(=O)C1c1ccccc1. The number of hydrogen-bond acceptors (Lipinski definition) is 4. The maximum atomic E-state index is 13.7. The molecule has 0 spiro atoms. The minimum atomic E-state index is -0.228. The molecular weight excluding hydrogens is 434 g/mol. The molecule has 1 unspecified atom stereocenters. The number of amides is 1. The summed E-state index contributed by atoms with van der Waals surface area (Å²) in [6, 6.07) is 28.3. The summed E-state index contributed by atoms with van der Waals surface area (Å²) < 4.78 is 5.92. The van der Waals surface area contributed by atoms with Crippen molar-refractivity contribution in [2.24, 2.45) is 0 Å². The topological polar surface area (TPSA) is 36.0 Å². The molecule has 0 saturated carbocycles. The van der Waals surface area contributed by atoms with E-state index < -0.39 is 0 Å². The van der Waals surface area contributed by atoms with E-state index in [4.69, 9.17) is 4.74 Å². The number of likely N-dealkylation sites (N-methyl/N-ethyl adjacent to an activating group) is 1. The molecule has 1 amide bonds. The second-order valence-electron chi connectivity index (χ2n) is 9.05. The van der Waals surface area contributed by atoms with E-state index in [2.05, 4.69) is 60.0 Å². The molecule has 1 aliphatic heterocycles. The Morgan fingerprint density at radius 2 is 1.49 bits per heavy atom. The number of benzene rings is 3. The van der Waals surface area contributed by atoms with Crippen molar-refractivity contribution in [1.29, 1.82) is 0 Å². The van der Waals surface area contributed by atoms with Crippen molar-refractivity contribution < 1.29 is 9.53 Å². The molecule has 3 aromatic carbocycles. The van der Waals surface area contributed by atoms with Crippen LogP contribution < -0.4 is 4.74 Å². The van der Waals surface area contributed by atoms with Crippen LogP contribution in [0.3, 0.4) is 0 Å². The molecule has 35 heavy (non-hydrogen) atoms. The highest BCUT2D eigenvalue weighted by Gasteiger charge is 2.35. The zero-order chi connectivity index (χ0) is 24.5. The van der Waals surface area contributed by atoms with Gasteiger partial charge in [-0.15, -0.1) is 0 Å². The van der Waals surface area contributed by atoms with Gasteiger partial charge >= 0.3 is 0 Å². The molecule has 0 aliphatic carbocycles. The zero-order valence-electron chi connectivity index (χ0n) is 21.0. The Bertz CT molecular complexity index is 1040. The fourth-order valence-electron chi connectivity index (χ4n) is 4.67. The van der Waals surface area contributed by atoms with Crippen molar-refractivity contribution in [1.82, 2.24) is 14.7 Å². The summed E-state index contributed by atoms with van der Waals surface area (Å²) >= 11 is 0. The molecule has 5 heteroatoms. The summed E-state index contributed by atoms with van der Waals surface area (Å²) in [7, 11) is 0. The van der Waals surface area contributed by atoms with Gasteiger partial charge < -0.3 is 14.5 Å². The second-order valence-corrected chi connectivity index (χ2v) is 9.05. The van der Waals surface area contributed by atoms with Gasteiger partial charge in [-0.1, -0.05) is 86.6 Å². The number of hydrogen-bond donors (Lipinski definition) is 0. The number of carbonyl (C=O) groups is 1. The van der Waals surface area contributed by atoms with Gasteiger partial charge in [-0.3, -0.25) is 9.69 Å². The van der Waals surface area contributed by atoms with Crippen LogP contribution in [0, 0.1) is 0 Å². The number of rotatable bonds is 11. The van der Waals surface area contributed by atoms with Crippen molar-refractivity contribution >= 4 is 5.91 Å². The minimum Gasteiger partial charge on any atom is -0.489 e. The Morgan fingerprint density at radius 3 is 2.14 bits per heavy atom. The third-order valence-corrected chi connectivity index (χ3v) is 6.83.